The Hall–Kier alpha value is -1.20. The second-order valence-corrected chi connectivity index (χ2v) is 6.02. The lowest BCUT2D eigenvalue weighted by Crippen LogP contribution is -2.57. The van der Waals surface area contributed by atoms with E-state index < -0.39 is 6.61 Å². The van der Waals surface area contributed by atoms with Crippen LogP contribution in [0.3, 0.4) is 0 Å². The molecule has 2 aliphatic rings. The van der Waals surface area contributed by atoms with E-state index in [1.807, 2.05) is 0 Å². The molecule has 5 heteroatoms. The highest BCUT2D eigenvalue weighted by Gasteiger charge is 2.53. The maximum Gasteiger partial charge on any atom is 0.387 e. The maximum absolute atomic E-state index is 12.1. The third-order valence-corrected chi connectivity index (χ3v) is 4.59. The molecule has 1 aliphatic carbocycles. The third kappa shape index (κ3) is 2.52. The van der Waals surface area contributed by atoms with Crippen LogP contribution in [0, 0.1) is 5.41 Å². The van der Waals surface area contributed by atoms with E-state index in [-0.39, 0.29) is 11.3 Å². The lowest BCUT2D eigenvalue weighted by molar-refractivity contribution is -0.0725. The Balaban J connectivity index is 1.67. The average Bonchev–Trinajstić information content (AvgIpc) is 2.38. The summed E-state index contributed by atoms with van der Waals surface area (Å²) in [4.78, 5) is 0. The van der Waals surface area contributed by atoms with Crippen molar-refractivity contribution in [2.45, 2.75) is 37.8 Å². The largest absolute Gasteiger partial charge is 0.435 e. The van der Waals surface area contributed by atoms with E-state index in [2.05, 4.69) is 4.74 Å². The third-order valence-electron chi connectivity index (χ3n) is 4.59. The van der Waals surface area contributed by atoms with Crippen molar-refractivity contribution in [3.63, 3.8) is 0 Å². The van der Waals surface area contributed by atoms with Crippen molar-refractivity contribution >= 4 is 0 Å². The molecule has 1 aromatic carbocycles. The summed E-state index contributed by atoms with van der Waals surface area (Å²) >= 11 is 0. The molecule has 20 heavy (non-hydrogen) atoms. The predicted molar refractivity (Wildman–Crippen MR) is 70.7 cm³/mol. The van der Waals surface area contributed by atoms with Gasteiger partial charge in [0.15, 0.2) is 0 Å². The number of ether oxygens (including phenoxy) is 2. The molecule has 1 saturated carbocycles. The zero-order valence-corrected chi connectivity index (χ0v) is 11.3. The van der Waals surface area contributed by atoms with E-state index in [0.29, 0.717) is 5.41 Å². The summed E-state index contributed by atoms with van der Waals surface area (Å²) in [5.74, 6) is 0.174. The first kappa shape index (κ1) is 13.8. The summed E-state index contributed by atoms with van der Waals surface area (Å²) in [7, 11) is 0. The molecule has 3 nitrogen and oxygen atoms in total. The van der Waals surface area contributed by atoms with E-state index in [9.17, 15) is 8.78 Å². The van der Waals surface area contributed by atoms with Gasteiger partial charge in [0.05, 0.1) is 0 Å². The smallest absolute Gasteiger partial charge is 0.387 e. The van der Waals surface area contributed by atoms with E-state index in [1.54, 1.807) is 24.3 Å². The molecule has 110 valence electrons. The van der Waals surface area contributed by atoms with Crippen LogP contribution >= 0.6 is 0 Å². The van der Waals surface area contributed by atoms with Gasteiger partial charge in [-0.3, -0.25) is 0 Å². The van der Waals surface area contributed by atoms with Crippen molar-refractivity contribution in [3.8, 4) is 5.75 Å². The fourth-order valence-electron chi connectivity index (χ4n) is 3.62. The molecule has 1 saturated heterocycles. The van der Waals surface area contributed by atoms with Crippen LogP contribution in [0.1, 0.15) is 31.2 Å². The minimum absolute atomic E-state index is 0.174. The average molecular weight is 283 g/mol. The number of benzene rings is 1. The van der Waals surface area contributed by atoms with Gasteiger partial charge in [0.25, 0.3) is 0 Å². The molecule has 2 N–H and O–H groups in total. The van der Waals surface area contributed by atoms with Gasteiger partial charge in [0, 0.05) is 18.8 Å². The number of alkyl halides is 2. The van der Waals surface area contributed by atoms with Crippen LogP contribution in [-0.2, 0) is 10.3 Å². The molecule has 0 atom stereocenters. The summed E-state index contributed by atoms with van der Waals surface area (Å²) in [5.41, 5.74) is 7.44. The van der Waals surface area contributed by atoms with Gasteiger partial charge in [-0.2, -0.15) is 8.78 Å². The standard InChI is InChI=1S/C15H19F2NO2/c16-13(17)20-12-3-1-11(2-4-12)15(18)9-14(10-15)5-7-19-8-6-14/h1-4,13H,5-10,18H2. The molecule has 3 rings (SSSR count). The summed E-state index contributed by atoms with van der Waals surface area (Å²) in [6.45, 7) is -1.16. The first-order valence-corrected chi connectivity index (χ1v) is 6.93. The van der Waals surface area contributed by atoms with Gasteiger partial charge in [-0.15, -0.1) is 0 Å². The highest BCUT2D eigenvalue weighted by molar-refractivity contribution is 5.34. The van der Waals surface area contributed by atoms with Gasteiger partial charge in [0.2, 0.25) is 0 Å². The van der Waals surface area contributed by atoms with E-state index >= 15 is 0 Å². The lowest BCUT2D eigenvalue weighted by Gasteiger charge is -2.56. The summed E-state index contributed by atoms with van der Waals surface area (Å²) in [6.07, 6.45) is 4.02. The number of halogens is 2. The monoisotopic (exact) mass is 283 g/mol. The number of hydrogen-bond donors (Lipinski definition) is 1. The Morgan fingerprint density at radius 3 is 2.25 bits per heavy atom. The van der Waals surface area contributed by atoms with Crippen molar-refractivity contribution in [1.82, 2.24) is 0 Å². The Bertz CT molecular complexity index is 461. The quantitative estimate of drug-likeness (QED) is 0.927. The fraction of sp³-hybridized carbons (Fsp3) is 0.600. The zero-order chi connectivity index (χ0) is 14.2. The second kappa shape index (κ2) is 4.97. The molecule has 2 fully saturated rings. The van der Waals surface area contributed by atoms with Gasteiger partial charge in [-0.05, 0) is 48.8 Å². The van der Waals surface area contributed by atoms with Crippen LogP contribution < -0.4 is 10.5 Å². The Labute approximate surface area is 117 Å². The van der Waals surface area contributed by atoms with Gasteiger partial charge in [-0.25, -0.2) is 0 Å². The van der Waals surface area contributed by atoms with Crippen molar-refractivity contribution in [1.29, 1.82) is 0 Å². The van der Waals surface area contributed by atoms with Crippen LogP contribution in [-0.4, -0.2) is 19.8 Å². The van der Waals surface area contributed by atoms with Crippen molar-refractivity contribution in [3.05, 3.63) is 29.8 Å². The maximum atomic E-state index is 12.1. The normalized spacial score (nSPS) is 23.6. The Morgan fingerprint density at radius 1 is 1.10 bits per heavy atom. The van der Waals surface area contributed by atoms with Crippen LogP contribution in [0.5, 0.6) is 5.75 Å². The molecule has 1 heterocycles. The van der Waals surface area contributed by atoms with Gasteiger partial charge >= 0.3 is 6.61 Å². The molecule has 0 unspecified atom stereocenters. The number of nitrogens with two attached hydrogens (primary N) is 1. The molecule has 0 bridgehead atoms. The lowest BCUT2D eigenvalue weighted by atomic mass is 9.52. The van der Waals surface area contributed by atoms with Crippen molar-refractivity contribution in [2.75, 3.05) is 13.2 Å². The summed E-state index contributed by atoms with van der Waals surface area (Å²) in [6, 6.07) is 6.71. The molecule has 1 spiro atoms. The second-order valence-electron chi connectivity index (χ2n) is 6.02. The number of hydrogen-bond acceptors (Lipinski definition) is 3. The first-order chi connectivity index (χ1) is 9.51. The SMILES string of the molecule is NC1(c2ccc(OC(F)F)cc2)CC2(CCOCC2)C1. The molecular weight excluding hydrogens is 264 g/mol. The van der Waals surface area contributed by atoms with E-state index in [4.69, 9.17) is 10.5 Å². The molecule has 1 aliphatic heterocycles. The number of rotatable bonds is 3. The van der Waals surface area contributed by atoms with Crippen molar-refractivity contribution < 1.29 is 18.3 Å². The van der Waals surface area contributed by atoms with Crippen LogP contribution in [0.4, 0.5) is 8.78 Å². The van der Waals surface area contributed by atoms with Gasteiger partial charge in [0.1, 0.15) is 5.75 Å². The molecule has 0 radical (unpaired) electrons. The fourth-order valence-corrected chi connectivity index (χ4v) is 3.62. The molecule has 0 amide bonds. The van der Waals surface area contributed by atoms with Gasteiger partial charge < -0.3 is 15.2 Å². The minimum Gasteiger partial charge on any atom is -0.435 e. The minimum atomic E-state index is -2.79. The molecule has 0 aromatic heterocycles. The Kier molecular flexibility index (Phi) is 3.42. The zero-order valence-electron chi connectivity index (χ0n) is 11.3. The highest BCUT2D eigenvalue weighted by atomic mass is 19.3. The van der Waals surface area contributed by atoms with Crippen LogP contribution in [0.25, 0.3) is 0 Å². The van der Waals surface area contributed by atoms with E-state index in [1.165, 1.54) is 0 Å². The highest BCUT2D eigenvalue weighted by Crippen LogP contribution is 2.57. The molecular formula is C15H19F2NO2. The Morgan fingerprint density at radius 2 is 1.70 bits per heavy atom. The topological polar surface area (TPSA) is 44.5 Å². The summed E-state index contributed by atoms with van der Waals surface area (Å²) < 4.78 is 34.0. The van der Waals surface area contributed by atoms with E-state index in [0.717, 1.165) is 44.5 Å². The first-order valence-electron chi connectivity index (χ1n) is 6.93. The van der Waals surface area contributed by atoms with Crippen LogP contribution in [0.15, 0.2) is 24.3 Å². The summed E-state index contributed by atoms with van der Waals surface area (Å²) in [5, 5.41) is 0. The van der Waals surface area contributed by atoms with Gasteiger partial charge in [-0.1, -0.05) is 12.1 Å². The van der Waals surface area contributed by atoms with Crippen LogP contribution in [0.2, 0.25) is 0 Å². The predicted octanol–water partition coefficient (Wildman–Crippen LogP) is 3.03. The van der Waals surface area contributed by atoms with Crippen molar-refractivity contribution in [2.24, 2.45) is 11.1 Å². The molecule has 1 aromatic rings.